The standard InChI is InChI=1S/C28H23Cl2N3O7S/c29-18-4-3-5-19(30)17(18)13-38-16-10-8-15(9-11-16)12-21(27(36)37)31-25(34)23-24(40-14-39-23)26(35)33-28-32-20-6-1-2-7-22(20)41-28/h1-11,21,23-24H,12-14H2,(H,31,34)(H,36,37)(H,32,33,35)/t21?,23-,24-/m1/s1. The van der Waals surface area contributed by atoms with Crippen molar-refractivity contribution in [2.24, 2.45) is 0 Å². The smallest absolute Gasteiger partial charge is 0.326 e. The van der Waals surface area contributed by atoms with Gasteiger partial charge in [0, 0.05) is 22.0 Å². The van der Waals surface area contributed by atoms with Gasteiger partial charge in [-0.05, 0) is 42.0 Å². The normalized spacial score (nSPS) is 17.2. The average Bonchev–Trinajstić information content (AvgIpc) is 3.60. The third kappa shape index (κ3) is 6.95. The fourth-order valence-corrected chi connectivity index (χ4v) is 5.50. The number of carbonyl (C=O) groups is 3. The number of hydrogen-bond donors (Lipinski definition) is 3. The second-order valence-corrected chi connectivity index (χ2v) is 10.8. The Morgan fingerprint density at radius 1 is 0.976 bits per heavy atom. The molecule has 1 aromatic heterocycles. The zero-order valence-corrected chi connectivity index (χ0v) is 23.5. The van der Waals surface area contributed by atoms with Gasteiger partial charge in [0.15, 0.2) is 17.3 Å². The van der Waals surface area contributed by atoms with Crippen molar-refractivity contribution >= 4 is 67.7 Å². The summed E-state index contributed by atoms with van der Waals surface area (Å²) in [7, 11) is 0. The molecule has 1 aliphatic rings. The fraction of sp³-hybridized carbons (Fsp3) is 0.214. The number of amides is 2. The highest BCUT2D eigenvalue weighted by Gasteiger charge is 2.42. The van der Waals surface area contributed by atoms with Crippen LogP contribution in [0, 0.1) is 0 Å². The van der Waals surface area contributed by atoms with E-state index in [4.69, 9.17) is 37.4 Å². The van der Waals surface area contributed by atoms with Crippen molar-refractivity contribution in [1.82, 2.24) is 10.3 Å². The summed E-state index contributed by atoms with van der Waals surface area (Å²) >= 11 is 13.6. The Morgan fingerprint density at radius 2 is 1.66 bits per heavy atom. The molecule has 3 aromatic carbocycles. The van der Waals surface area contributed by atoms with Crippen molar-refractivity contribution in [3.8, 4) is 5.75 Å². The minimum Gasteiger partial charge on any atom is -0.489 e. The third-order valence-electron chi connectivity index (χ3n) is 6.23. The molecule has 1 fully saturated rings. The molecule has 3 N–H and O–H groups in total. The first-order valence-electron chi connectivity index (χ1n) is 12.4. The number of nitrogens with zero attached hydrogens (tertiary/aromatic N) is 1. The third-order valence-corrected chi connectivity index (χ3v) is 7.89. The van der Waals surface area contributed by atoms with E-state index in [1.165, 1.54) is 11.3 Å². The summed E-state index contributed by atoms with van der Waals surface area (Å²) in [5, 5.41) is 16.2. The maximum absolute atomic E-state index is 13.0. The van der Waals surface area contributed by atoms with Crippen molar-refractivity contribution in [3.05, 3.63) is 87.9 Å². The van der Waals surface area contributed by atoms with E-state index in [0.717, 1.165) is 10.2 Å². The highest BCUT2D eigenvalue weighted by Crippen LogP contribution is 2.27. The van der Waals surface area contributed by atoms with Gasteiger partial charge in [0.25, 0.3) is 11.8 Å². The van der Waals surface area contributed by atoms with Crippen molar-refractivity contribution in [2.75, 3.05) is 12.1 Å². The van der Waals surface area contributed by atoms with Gasteiger partial charge in [0.2, 0.25) is 0 Å². The molecule has 0 bridgehead atoms. The predicted molar refractivity (Wildman–Crippen MR) is 153 cm³/mol. The van der Waals surface area contributed by atoms with E-state index >= 15 is 0 Å². The van der Waals surface area contributed by atoms with Gasteiger partial charge in [-0.1, -0.05) is 64.9 Å². The molecule has 1 aliphatic heterocycles. The molecular formula is C28H23Cl2N3O7S. The van der Waals surface area contributed by atoms with Gasteiger partial charge in [0.1, 0.15) is 25.2 Å². The van der Waals surface area contributed by atoms with Crippen LogP contribution in [0.25, 0.3) is 10.2 Å². The summed E-state index contributed by atoms with van der Waals surface area (Å²) in [6.07, 6.45) is -2.63. The lowest BCUT2D eigenvalue weighted by molar-refractivity contribution is -0.144. The molecule has 2 heterocycles. The topological polar surface area (TPSA) is 136 Å². The Balaban J connectivity index is 1.18. The number of carbonyl (C=O) groups excluding carboxylic acids is 2. The second-order valence-electron chi connectivity index (χ2n) is 9.00. The van der Waals surface area contributed by atoms with Gasteiger partial charge in [-0.25, -0.2) is 9.78 Å². The number of thiazole rings is 1. The molecule has 0 aliphatic carbocycles. The van der Waals surface area contributed by atoms with Gasteiger partial charge in [-0.3, -0.25) is 14.9 Å². The zero-order valence-electron chi connectivity index (χ0n) is 21.2. The Hall–Kier alpha value is -3.74. The molecule has 41 heavy (non-hydrogen) atoms. The lowest BCUT2D eigenvalue weighted by atomic mass is 10.0. The van der Waals surface area contributed by atoms with Crippen LogP contribution in [0.3, 0.4) is 0 Å². The molecule has 3 atom stereocenters. The van der Waals surface area contributed by atoms with E-state index in [1.807, 2.05) is 24.3 Å². The van der Waals surface area contributed by atoms with Crippen molar-refractivity contribution in [3.63, 3.8) is 0 Å². The maximum Gasteiger partial charge on any atom is 0.326 e. The van der Waals surface area contributed by atoms with Gasteiger partial charge in [-0.15, -0.1) is 0 Å². The molecule has 1 saturated heterocycles. The first kappa shape index (κ1) is 28.8. The van der Waals surface area contributed by atoms with E-state index in [2.05, 4.69) is 15.6 Å². The predicted octanol–water partition coefficient (Wildman–Crippen LogP) is 4.67. The minimum absolute atomic E-state index is 0.0200. The quantitative estimate of drug-likeness (QED) is 0.234. The Kier molecular flexibility index (Phi) is 9.01. The lowest BCUT2D eigenvalue weighted by Gasteiger charge is -2.19. The largest absolute Gasteiger partial charge is 0.489 e. The van der Waals surface area contributed by atoms with Crippen LogP contribution in [0.4, 0.5) is 5.13 Å². The fourth-order valence-electron chi connectivity index (χ4n) is 4.13. The van der Waals surface area contributed by atoms with Crippen LogP contribution in [0.5, 0.6) is 5.75 Å². The van der Waals surface area contributed by atoms with Gasteiger partial charge >= 0.3 is 5.97 Å². The van der Waals surface area contributed by atoms with Crippen molar-refractivity contribution < 1.29 is 33.7 Å². The summed E-state index contributed by atoms with van der Waals surface area (Å²) in [4.78, 5) is 42.1. The van der Waals surface area contributed by atoms with Crippen LogP contribution < -0.4 is 15.4 Å². The molecule has 212 valence electrons. The number of halogens is 2. The number of rotatable bonds is 10. The molecule has 0 spiro atoms. The van der Waals surface area contributed by atoms with Crippen molar-refractivity contribution in [1.29, 1.82) is 0 Å². The molecule has 2 amide bonds. The van der Waals surface area contributed by atoms with Crippen LogP contribution in [0.1, 0.15) is 11.1 Å². The molecular weight excluding hydrogens is 593 g/mol. The van der Waals surface area contributed by atoms with Crippen LogP contribution >= 0.6 is 34.5 Å². The lowest BCUT2D eigenvalue weighted by Crippen LogP contribution is -2.51. The molecule has 4 aromatic rings. The molecule has 13 heteroatoms. The van der Waals surface area contributed by atoms with E-state index in [1.54, 1.807) is 42.5 Å². The monoisotopic (exact) mass is 615 g/mol. The summed E-state index contributed by atoms with van der Waals surface area (Å²) in [6.45, 7) is -0.141. The molecule has 5 rings (SSSR count). The highest BCUT2D eigenvalue weighted by molar-refractivity contribution is 7.22. The number of nitrogens with one attached hydrogen (secondary N) is 2. The van der Waals surface area contributed by atoms with Crippen LogP contribution in [-0.2, 0) is 36.9 Å². The minimum atomic E-state index is -1.33. The van der Waals surface area contributed by atoms with E-state index in [0.29, 0.717) is 32.1 Å². The number of aromatic nitrogens is 1. The number of para-hydroxylation sites is 1. The van der Waals surface area contributed by atoms with Crippen LogP contribution in [0.15, 0.2) is 66.7 Å². The van der Waals surface area contributed by atoms with Gasteiger partial charge in [-0.2, -0.15) is 0 Å². The average molecular weight is 616 g/mol. The molecule has 0 radical (unpaired) electrons. The van der Waals surface area contributed by atoms with E-state index in [9.17, 15) is 19.5 Å². The molecule has 10 nitrogen and oxygen atoms in total. The number of carboxylic acids is 1. The number of hydrogen-bond acceptors (Lipinski definition) is 8. The molecule has 1 unspecified atom stereocenters. The van der Waals surface area contributed by atoms with E-state index in [-0.39, 0.29) is 19.8 Å². The highest BCUT2D eigenvalue weighted by atomic mass is 35.5. The number of carboxylic acid groups (broad SMARTS) is 1. The zero-order chi connectivity index (χ0) is 28.9. The summed E-state index contributed by atoms with van der Waals surface area (Å²) in [5.41, 5.74) is 2.01. The first-order valence-corrected chi connectivity index (χ1v) is 13.9. The Morgan fingerprint density at radius 3 is 2.34 bits per heavy atom. The summed E-state index contributed by atoms with van der Waals surface area (Å²) < 4.78 is 17.3. The first-order chi connectivity index (χ1) is 19.8. The number of fused-ring (bicyclic) bond motifs is 1. The summed E-state index contributed by atoms with van der Waals surface area (Å²) in [6, 6.07) is 18.0. The Bertz CT molecular complexity index is 1530. The molecule has 0 saturated carbocycles. The van der Waals surface area contributed by atoms with Crippen LogP contribution in [-0.4, -0.2) is 52.9 Å². The summed E-state index contributed by atoms with van der Waals surface area (Å²) in [5.74, 6) is -2.13. The number of aliphatic carboxylic acids is 1. The maximum atomic E-state index is 13.0. The number of benzene rings is 3. The van der Waals surface area contributed by atoms with Gasteiger partial charge < -0.3 is 24.6 Å². The number of ether oxygens (including phenoxy) is 3. The van der Waals surface area contributed by atoms with Gasteiger partial charge in [0.05, 0.1) is 10.2 Å². The van der Waals surface area contributed by atoms with Crippen molar-refractivity contribution in [2.45, 2.75) is 31.3 Å². The van der Waals surface area contributed by atoms with Crippen LogP contribution in [0.2, 0.25) is 10.0 Å². The van der Waals surface area contributed by atoms with E-state index < -0.39 is 36.0 Å². The SMILES string of the molecule is O=C(O)C(Cc1ccc(OCc2c(Cl)cccc2Cl)cc1)NC(=O)[C@@H]1OCO[C@H]1C(=O)Nc1nc2ccccc2s1. The Labute approximate surface area is 248 Å². The second kappa shape index (κ2) is 12.8. The number of anilines is 1.